The Hall–Kier alpha value is -0.830. The summed E-state index contributed by atoms with van der Waals surface area (Å²) in [6.07, 6.45) is 6.34. The molecule has 0 aromatic carbocycles. The molecule has 0 heterocycles. The summed E-state index contributed by atoms with van der Waals surface area (Å²) in [5.41, 5.74) is 0.591. The number of hydrogen-bond acceptors (Lipinski definition) is 2. The molecule has 0 spiro atoms. The van der Waals surface area contributed by atoms with E-state index in [1.807, 2.05) is 6.08 Å². The van der Waals surface area contributed by atoms with E-state index in [2.05, 4.69) is 6.92 Å². The fourth-order valence-corrected chi connectivity index (χ4v) is 2.70. The third-order valence-corrected chi connectivity index (χ3v) is 3.48. The maximum atomic E-state index is 10.9. The largest absolute Gasteiger partial charge is 0.478 e. The van der Waals surface area contributed by atoms with Crippen LogP contribution in [0.25, 0.3) is 0 Å². The van der Waals surface area contributed by atoms with Gasteiger partial charge >= 0.3 is 5.97 Å². The van der Waals surface area contributed by atoms with Crippen LogP contribution >= 0.6 is 0 Å². The first-order chi connectivity index (χ1) is 7.24. The van der Waals surface area contributed by atoms with Crippen LogP contribution in [0.3, 0.4) is 0 Å². The summed E-state index contributed by atoms with van der Waals surface area (Å²) in [5, 5.41) is 9.00. The lowest BCUT2D eigenvalue weighted by molar-refractivity contribution is -0.133. The van der Waals surface area contributed by atoms with Crippen LogP contribution in [-0.2, 0) is 9.53 Å². The van der Waals surface area contributed by atoms with E-state index in [9.17, 15) is 4.79 Å². The molecule has 84 valence electrons. The predicted molar refractivity (Wildman–Crippen MR) is 56.6 cm³/mol. The summed E-state index contributed by atoms with van der Waals surface area (Å²) >= 11 is 0. The third kappa shape index (κ3) is 1.93. The highest BCUT2D eigenvalue weighted by molar-refractivity contribution is 5.88. The Labute approximate surface area is 90.1 Å². The van der Waals surface area contributed by atoms with Crippen molar-refractivity contribution in [2.45, 2.75) is 38.7 Å². The maximum Gasteiger partial charge on any atom is 0.331 e. The quantitative estimate of drug-likeness (QED) is 0.708. The van der Waals surface area contributed by atoms with Gasteiger partial charge in [-0.1, -0.05) is 19.4 Å². The zero-order valence-electron chi connectivity index (χ0n) is 9.11. The average molecular weight is 210 g/mol. The van der Waals surface area contributed by atoms with Crippen molar-refractivity contribution in [3.05, 3.63) is 11.6 Å². The van der Waals surface area contributed by atoms with Gasteiger partial charge in [0.2, 0.25) is 0 Å². The SMILES string of the molecule is CCCCOC1C2C=C(C(=O)O)C1CC2. The number of unbranched alkanes of at least 4 members (excludes halogenated alkanes) is 1. The second kappa shape index (κ2) is 4.35. The number of aliphatic carboxylic acids is 1. The summed E-state index contributed by atoms with van der Waals surface area (Å²) in [6, 6.07) is 0. The number of carboxylic acids is 1. The molecule has 3 nitrogen and oxygen atoms in total. The van der Waals surface area contributed by atoms with E-state index >= 15 is 0 Å². The van der Waals surface area contributed by atoms with Gasteiger partial charge < -0.3 is 9.84 Å². The lowest BCUT2D eigenvalue weighted by Crippen LogP contribution is -2.22. The van der Waals surface area contributed by atoms with Crippen LogP contribution in [0.5, 0.6) is 0 Å². The Morgan fingerprint density at radius 2 is 2.40 bits per heavy atom. The molecule has 0 amide bonds. The Morgan fingerprint density at radius 1 is 1.60 bits per heavy atom. The smallest absolute Gasteiger partial charge is 0.331 e. The summed E-state index contributed by atoms with van der Waals surface area (Å²) in [6.45, 7) is 2.91. The van der Waals surface area contributed by atoms with Crippen molar-refractivity contribution in [1.82, 2.24) is 0 Å². The van der Waals surface area contributed by atoms with Gasteiger partial charge in [0.15, 0.2) is 0 Å². The van der Waals surface area contributed by atoms with Gasteiger partial charge in [-0.2, -0.15) is 0 Å². The second-order valence-corrected chi connectivity index (χ2v) is 4.46. The molecule has 2 aliphatic carbocycles. The van der Waals surface area contributed by atoms with Gasteiger partial charge in [0.25, 0.3) is 0 Å². The molecule has 0 radical (unpaired) electrons. The molecule has 0 aromatic rings. The number of ether oxygens (including phenoxy) is 1. The minimum Gasteiger partial charge on any atom is -0.478 e. The number of rotatable bonds is 5. The second-order valence-electron chi connectivity index (χ2n) is 4.46. The van der Waals surface area contributed by atoms with Crippen molar-refractivity contribution < 1.29 is 14.6 Å². The molecule has 1 saturated carbocycles. The van der Waals surface area contributed by atoms with Crippen LogP contribution in [0, 0.1) is 11.8 Å². The Balaban J connectivity index is 1.93. The summed E-state index contributed by atoms with van der Waals surface area (Å²) in [4.78, 5) is 10.9. The van der Waals surface area contributed by atoms with Crippen LogP contribution in [-0.4, -0.2) is 23.8 Å². The molecule has 2 rings (SSSR count). The Morgan fingerprint density at radius 3 is 3.00 bits per heavy atom. The molecule has 3 atom stereocenters. The van der Waals surface area contributed by atoms with E-state index in [4.69, 9.17) is 9.84 Å². The van der Waals surface area contributed by atoms with Crippen molar-refractivity contribution >= 4 is 5.97 Å². The molecule has 0 aliphatic heterocycles. The first-order valence-corrected chi connectivity index (χ1v) is 5.80. The van der Waals surface area contributed by atoms with Crippen LogP contribution in [0.4, 0.5) is 0 Å². The van der Waals surface area contributed by atoms with Crippen molar-refractivity contribution in [2.24, 2.45) is 11.8 Å². The van der Waals surface area contributed by atoms with E-state index < -0.39 is 5.97 Å². The average Bonchev–Trinajstić information content (AvgIpc) is 2.75. The first kappa shape index (κ1) is 10.7. The lowest BCUT2D eigenvalue weighted by Gasteiger charge is -2.17. The number of carbonyl (C=O) groups is 1. The van der Waals surface area contributed by atoms with Gasteiger partial charge in [-0.15, -0.1) is 0 Å². The summed E-state index contributed by atoms with van der Waals surface area (Å²) in [7, 11) is 0. The first-order valence-electron chi connectivity index (χ1n) is 5.80. The highest BCUT2D eigenvalue weighted by Gasteiger charge is 2.45. The molecule has 0 aromatic heterocycles. The molecule has 1 fully saturated rings. The van der Waals surface area contributed by atoms with E-state index in [0.717, 1.165) is 32.3 Å². The minimum atomic E-state index is -0.758. The van der Waals surface area contributed by atoms with Gasteiger partial charge in [0, 0.05) is 24.0 Å². The molecule has 3 unspecified atom stereocenters. The molecule has 2 aliphatic rings. The van der Waals surface area contributed by atoms with E-state index in [1.54, 1.807) is 0 Å². The topological polar surface area (TPSA) is 46.5 Å². The van der Waals surface area contributed by atoms with Crippen LogP contribution in [0.15, 0.2) is 11.6 Å². The number of hydrogen-bond donors (Lipinski definition) is 1. The molecule has 2 bridgehead atoms. The van der Waals surface area contributed by atoms with Crippen LogP contribution in [0.2, 0.25) is 0 Å². The Kier molecular flexibility index (Phi) is 3.10. The van der Waals surface area contributed by atoms with Gasteiger partial charge in [0.05, 0.1) is 6.10 Å². The normalized spacial score (nSPS) is 33.1. The standard InChI is InChI=1S/C12H18O3/c1-2-3-6-15-11-8-4-5-9(11)10(7-8)12(13)14/h7-9,11H,2-6H2,1H3,(H,13,14). The van der Waals surface area contributed by atoms with Gasteiger partial charge in [-0.3, -0.25) is 0 Å². The fourth-order valence-electron chi connectivity index (χ4n) is 2.70. The molecular weight excluding hydrogens is 192 g/mol. The highest BCUT2D eigenvalue weighted by Crippen LogP contribution is 2.45. The third-order valence-electron chi connectivity index (χ3n) is 3.48. The zero-order chi connectivity index (χ0) is 10.8. The van der Waals surface area contributed by atoms with E-state index in [0.29, 0.717) is 11.5 Å². The number of fused-ring (bicyclic) bond motifs is 2. The fraction of sp³-hybridized carbons (Fsp3) is 0.750. The van der Waals surface area contributed by atoms with Crippen molar-refractivity contribution in [1.29, 1.82) is 0 Å². The Bertz CT molecular complexity index is 283. The highest BCUT2D eigenvalue weighted by atomic mass is 16.5. The van der Waals surface area contributed by atoms with Crippen LogP contribution in [0.1, 0.15) is 32.6 Å². The van der Waals surface area contributed by atoms with E-state index in [1.165, 1.54) is 0 Å². The summed E-state index contributed by atoms with van der Waals surface area (Å²) < 4.78 is 5.80. The van der Waals surface area contributed by atoms with Crippen molar-refractivity contribution in [3.8, 4) is 0 Å². The monoisotopic (exact) mass is 210 g/mol. The lowest BCUT2D eigenvalue weighted by atomic mass is 9.98. The molecule has 15 heavy (non-hydrogen) atoms. The zero-order valence-corrected chi connectivity index (χ0v) is 9.11. The minimum absolute atomic E-state index is 0.155. The maximum absolute atomic E-state index is 10.9. The van der Waals surface area contributed by atoms with Gasteiger partial charge in [0.1, 0.15) is 0 Å². The summed E-state index contributed by atoms with van der Waals surface area (Å²) in [5.74, 6) is -0.242. The molecule has 3 heteroatoms. The molecular formula is C12H18O3. The predicted octanol–water partition coefficient (Wildman–Crippen LogP) is 2.22. The number of carboxylic acid groups (broad SMARTS) is 1. The molecule has 0 saturated heterocycles. The van der Waals surface area contributed by atoms with Gasteiger partial charge in [-0.05, 0) is 19.3 Å². The molecule has 1 N–H and O–H groups in total. The van der Waals surface area contributed by atoms with Crippen LogP contribution < -0.4 is 0 Å². The van der Waals surface area contributed by atoms with Crippen molar-refractivity contribution in [3.63, 3.8) is 0 Å². The van der Waals surface area contributed by atoms with Crippen molar-refractivity contribution in [2.75, 3.05) is 6.61 Å². The van der Waals surface area contributed by atoms with E-state index in [-0.39, 0.29) is 12.0 Å². The van der Waals surface area contributed by atoms with Gasteiger partial charge in [-0.25, -0.2) is 4.79 Å².